The van der Waals surface area contributed by atoms with E-state index in [1.165, 1.54) is 0 Å². The van der Waals surface area contributed by atoms with E-state index in [-0.39, 0.29) is 18.2 Å². The van der Waals surface area contributed by atoms with Crippen LogP contribution < -0.4 is 5.43 Å². The maximum absolute atomic E-state index is 9.65. The third kappa shape index (κ3) is 3.62. The maximum atomic E-state index is 9.65. The molecule has 0 radical (unpaired) electrons. The van der Waals surface area contributed by atoms with Crippen molar-refractivity contribution < 1.29 is 5.11 Å². The molecule has 25 heavy (non-hydrogen) atoms. The van der Waals surface area contributed by atoms with Crippen molar-refractivity contribution in [2.24, 2.45) is 9.98 Å². The topological polar surface area (TPSA) is 60.2 Å². The van der Waals surface area contributed by atoms with Crippen molar-refractivity contribution in [3.63, 3.8) is 0 Å². The fourth-order valence-electron chi connectivity index (χ4n) is 3.43. The number of rotatable bonds is 2. The number of nitrogens with zero attached hydrogens (tertiary/aromatic N) is 3. The van der Waals surface area contributed by atoms with Crippen LogP contribution in [0.25, 0.3) is 5.70 Å². The largest absolute Gasteiger partial charge is 0.393 e. The fourth-order valence-corrected chi connectivity index (χ4v) is 3.62. The first kappa shape index (κ1) is 16.4. The Hall–Kier alpha value is -2.11. The van der Waals surface area contributed by atoms with Crippen molar-refractivity contribution in [2.45, 2.75) is 43.9 Å². The Morgan fingerprint density at radius 3 is 2.88 bits per heavy atom. The molecule has 0 amide bonds. The minimum Gasteiger partial charge on any atom is -0.393 e. The van der Waals surface area contributed by atoms with Crippen LogP contribution in [0.2, 0.25) is 5.02 Å². The zero-order chi connectivity index (χ0) is 17.2. The molecule has 0 spiro atoms. The first-order valence-corrected chi connectivity index (χ1v) is 9.06. The Kier molecular flexibility index (Phi) is 4.59. The summed E-state index contributed by atoms with van der Waals surface area (Å²) in [4.78, 5) is 9.20. The quantitative estimate of drug-likeness (QED) is 0.855. The van der Waals surface area contributed by atoms with E-state index >= 15 is 0 Å². The van der Waals surface area contributed by atoms with Crippen LogP contribution in [0.15, 0.2) is 52.6 Å². The van der Waals surface area contributed by atoms with E-state index in [2.05, 4.69) is 21.5 Å². The normalized spacial score (nSPS) is 30.0. The smallest absolute Gasteiger partial charge is 0.139 e. The van der Waals surface area contributed by atoms with Gasteiger partial charge in [-0.15, -0.1) is 0 Å². The van der Waals surface area contributed by atoms with E-state index in [0.717, 1.165) is 42.8 Å². The lowest BCUT2D eigenvalue weighted by atomic mass is 9.93. The van der Waals surface area contributed by atoms with Crippen molar-refractivity contribution in [1.82, 2.24) is 10.4 Å². The number of aliphatic hydroxyl groups excluding tert-OH is 1. The summed E-state index contributed by atoms with van der Waals surface area (Å²) in [5, 5.41) is 12.4. The molecule has 1 atom stereocenters. The van der Waals surface area contributed by atoms with E-state index in [4.69, 9.17) is 16.6 Å². The highest BCUT2D eigenvalue weighted by Crippen LogP contribution is 2.27. The van der Waals surface area contributed by atoms with Crippen LogP contribution in [0.4, 0.5) is 0 Å². The van der Waals surface area contributed by atoms with Crippen molar-refractivity contribution >= 4 is 29.3 Å². The van der Waals surface area contributed by atoms with Gasteiger partial charge in [0, 0.05) is 16.8 Å². The molecule has 1 aromatic carbocycles. The summed E-state index contributed by atoms with van der Waals surface area (Å²) in [5.74, 6) is 0.848. The highest BCUT2D eigenvalue weighted by molar-refractivity contribution is 6.30. The number of hydrazine groups is 1. The van der Waals surface area contributed by atoms with Gasteiger partial charge < -0.3 is 5.11 Å². The number of benzene rings is 1. The van der Waals surface area contributed by atoms with Gasteiger partial charge in [0.05, 0.1) is 24.0 Å². The third-order valence-corrected chi connectivity index (χ3v) is 5.02. The molecule has 0 aromatic heterocycles. The maximum Gasteiger partial charge on any atom is 0.139 e. The van der Waals surface area contributed by atoms with Gasteiger partial charge in [-0.1, -0.05) is 29.8 Å². The van der Waals surface area contributed by atoms with Gasteiger partial charge >= 0.3 is 0 Å². The first-order chi connectivity index (χ1) is 12.2. The molecule has 4 rings (SSSR count). The van der Waals surface area contributed by atoms with Crippen molar-refractivity contribution in [3.05, 3.63) is 53.2 Å². The molecule has 0 bridgehead atoms. The highest BCUT2D eigenvalue weighted by Gasteiger charge is 2.26. The molecular formula is C19H21ClN4O. The summed E-state index contributed by atoms with van der Waals surface area (Å²) in [6.45, 7) is 0. The summed E-state index contributed by atoms with van der Waals surface area (Å²) in [5.41, 5.74) is 5.39. The van der Waals surface area contributed by atoms with Crippen LogP contribution in [0.3, 0.4) is 0 Å². The Morgan fingerprint density at radius 1 is 1.24 bits per heavy atom. The molecule has 1 saturated carbocycles. The van der Waals surface area contributed by atoms with Crippen molar-refractivity contribution in [1.29, 1.82) is 0 Å². The van der Waals surface area contributed by atoms with E-state index in [1.807, 2.05) is 42.8 Å². The molecule has 5 nitrogen and oxygen atoms in total. The lowest BCUT2D eigenvalue weighted by Gasteiger charge is -2.37. The van der Waals surface area contributed by atoms with Gasteiger partial charge in [-0.25, -0.2) is 0 Å². The van der Waals surface area contributed by atoms with Gasteiger partial charge in [-0.05, 0) is 43.9 Å². The third-order valence-electron chi connectivity index (χ3n) is 4.79. The monoisotopic (exact) mass is 356 g/mol. The van der Waals surface area contributed by atoms with Gasteiger partial charge in [0.2, 0.25) is 0 Å². The zero-order valence-corrected chi connectivity index (χ0v) is 14.6. The number of halogens is 1. The Balaban J connectivity index is 1.56. The van der Waals surface area contributed by atoms with Crippen LogP contribution >= 0.6 is 11.6 Å². The second-order valence-electron chi connectivity index (χ2n) is 6.63. The van der Waals surface area contributed by atoms with Crippen LogP contribution in [0, 0.1) is 0 Å². The van der Waals surface area contributed by atoms with Gasteiger partial charge in [0.25, 0.3) is 0 Å². The Labute approximate surface area is 152 Å². The van der Waals surface area contributed by atoms with Crippen molar-refractivity contribution in [3.8, 4) is 0 Å². The molecule has 6 heteroatoms. The van der Waals surface area contributed by atoms with Gasteiger partial charge in [0.1, 0.15) is 11.9 Å². The average Bonchev–Trinajstić information content (AvgIpc) is 2.63. The van der Waals surface area contributed by atoms with Crippen LogP contribution in [0.1, 0.15) is 31.2 Å². The number of fused-ring (bicyclic) bond motifs is 1. The summed E-state index contributed by atoms with van der Waals surface area (Å²) in [6, 6.07) is 8.08. The second kappa shape index (κ2) is 7.02. The molecule has 1 aliphatic carbocycles. The number of aliphatic hydroxyl groups is 1. The SMILES string of the molecule is OC1CCC(N=C2C=CC3C=NC=C(c4cccc(Cl)c4)N3N2)CC1. The van der Waals surface area contributed by atoms with E-state index in [9.17, 15) is 5.11 Å². The molecule has 2 N–H and O–H groups in total. The molecular weight excluding hydrogens is 336 g/mol. The van der Waals surface area contributed by atoms with Gasteiger partial charge in [0.15, 0.2) is 0 Å². The number of amidine groups is 1. The highest BCUT2D eigenvalue weighted by atomic mass is 35.5. The second-order valence-corrected chi connectivity index (χ2v) is 7.07. The predicted octanol–water partition coefficient (Wildman–Crippen LogP) is 3.17. The van der Waals surface area contributed by atoms with Gasteiger partial charge in [-0.2, -0.15) is 0 Å². The number of hydrogen-bond acceptors (Lipinski definition) is 4. The summed E-state index contributed by atoms with van der Waals surface area (Å²) in [7, 11) is 0. The Morgan fingerprint density at radius 2 is 2.08 bits per heavy atom. The molecule has 2 heterocycles. The molecule has 130 valence electrons. The molecule has 1 unspecified atom stereocenters. The summed E-state index contributed by atoms with van der Waals surface area (Å²) in [6.07, 6.45) is 11.2. The predicted molar refractivity (Wildman–Crippen MR) is 102 cm³/mol. The number of hydrogen-bond donors (Lipinski definition) is 2. The van der Waals surface area contributed by atoms with Crippen LogP contribution in [-0.4, -0.2) is 40.4 Å². The Bertz CT molecular complexity index is 762. The number of aliphatic imine (C=N–C) groups is 2. The minimum atomic E-state index is -0.161. The molecule has 2 aliphatic heterocycles. The average molecular weight is 357 g/mol. The van der Waals surface area contributed by atoms with Crippen LogP contribution in [0.5, 0.6) is 0 Å². The van der Waals surface area contributed by atoms with E-state index < -0.39 is 0 Å². The summed E-state index contributed by atoms with van der Waals surface area (Å²) < 4.78 is 0. The van der Waals surface area contributed by atoms with E-state index in [1.54, 1.807) is 0 Å². The molecule has 1 aromatic rings. The lowest BCUT2D eigenvalue weighted by molar-refractivity contribution is 0.123. The van der Waals surface area contributed by atoms with Gasteiger partial charge in [-0.3, -0.25) is 20.4 Å². The number of nitrogens with one attached hydrogen (secondary N) is 1. The van der Waals surface area contributed by atoms with Crippen LogP contribution in [-0.2, 0) is 0 Å². The molecule has 0 saturated heterocycles. The lowest BCUT2D eigenvalue weighted by Crippen LogP contribution is -2.50. The molecule has 1 fully saturated rings. The minimum absolute atomic E-state index is 0.0473. The fraction of sp³-hybridized carbons (Fsp3) is 0.368. The van der Waals surface area contributed by atoms with Crippen molar-refractivity contribution in [2.75, 3.05) is 0 Å². The standard InChI is InChI=1S/C19H21ClN4O/c20-14-3-1-2-13(10-14)18-12-21-11-16-6-9-19(23-24(16)18)22-15-4-7-17(25)8-5-15/h1-3,6,9-12,15-17,25H,4-5,7-8H2,(H,22,23). The molecule has 3 aliphatic rings. The summed E-state index contributed by atoms with van der Waals surface area (Å²) >= 11 is 6.15. The zero-order valence-electron chi connectivity index (χ0n) is 13.8. The van der Waals surface area contributed by atoms with E-state index in [0.29, 0.717) is 5.02 Å². The first-order valence-electron chi connectivity index (χ1n) is 8.68.